The van der Waals surface area contributed by atoms with Crippen LogP contribution in [0.3, 0.4) is 0 Å². The summed E-state index contributed by atoms with van der Waals surface area (Å²) < 4.78 is 13.8. The van der Waals surface area contributed by atoms with Crippen molar-refractivity contribution in [3.05, 3.63) is 209 Å². The van der Waals surface area contributed by atoms with E-state index in [-0.39, 0.29) is 27.1 Å². The molecule has 0 aliphatic heterocycles. The highest BCUT2D eigenvalue weighted by atomic mass is 16.5. The maximum absolute atomic E-state index is 7.08. The average molecular weight is 883 g/mol. The molecule has 0 aliphatic rings. The van der Waals surface area contributed by atoms with E-state index < -0.39 is 0 Å². The molecular weight excluding hydrogens is 817 g/mol. The molecule has 0 saturated carbocycles. The fourth-order valence-electron chi connectivity index (χ4n) is 9.32. The zero-order valence-electron chi connectivity index (χ0n) is 41.8. The van der Waals surface area contributed by atoms with Gasteiger partial charge in [0.25, 0.3) is 6.33 Å². The Balaban J connectivity index is 1.24. The summed E-state index contributed by atoms with van der Waals surface area (Å²) in [5.41, 5.74) is 11.9. The van der Waals surface area contributed by atoms with Crippen LogP contribution in [0.1, 0.15) is 129 Å². The van der Waals surface area contributed by atoms with E-state index in [1.165, 1.54) is 33.2 Å². The van der Waals surface area contributed by atoms with Gasteiger partial charge >= 0.3 is 0 Å². The Bertz CT molecular complexity index is 3220. The second-order valence-electron chi connectivity index (χ2n) is 22.6. The topological polar surface area (TPSA) is 35.9 Å². The summed E-state index contributed by atoms with van der Waals surface area (Å²) in [7, 11) is 0. The van der Waals surface area contributed by atoms with E-state index in [2.05, 4.69) is 268 Å². The molecule has 3 aromatic heterocycles. The van der Waals surface area contributed by atoms with Gasteiger partial charge in [0.2, 0.25) is 0 Å². The minimum Gasteiger partial charge on any atom is -0.458 e. The number of aromatic nitrogens is 4. The first-order valence-corrected chi connectivity index (χ1v) is 23.8. The molecule has 0 fully saturated rings. The molecule has 9 aromatic rings. The molecule has 5 nitrogen and oxygen atoms in total. The molecule has 0 radical (unpaired) electrons. The van der Waals surface area contributed by atoms with Crippen molar-refractivity contribution in [2.75, 3.05) is 0 Å². The molecule has 0 saturated heterocycles. The van der Waals surface area contributed by atoms with Crippen LogP contribution < -0.4 is 9.30 Å². The molecule has 0 amide bonds. The molecule has 3 heterocycles. The third-order valence-corrected chi connectivity index (χ3v) is 13.9. The number of fused-ring (bicyclic) bond motifs is 3. The quantitative estimate of drug-likeness (QED) is 0.107. The van der Waals surface area contributed by atoms with E-state index in [9.17, 15) is 0 Å². The number of pyridine rings is 1. The van der Waals surface area contributed by atoms with Crippen molar-refractivity contribution in [3.8, 4) is 28.7 Å². The van der Waals surface area contributed by atoms with Crippen LogP contribution in [0.15, 0.2) is 164 Å². The predicted molar refractivity (Wildman–Crippen MR) is 278 cm³/mol. The molecular formula is C62H66N4O. The first kappa shape index (κ1) is 45.4. The lowest BCUT2D eigenvalue weighted by molar-refractivity contribution is -0.611. The van der Waals surface area contributed by atoms with E-state index in [1.807, 2.05) is 6.20 Å². The maximum Gasteiger partial charge on any atom is 0.269 e. The summed E-state index contributed by atoms with van der Waals surface area (Å²) in [4.78, 5) is 4.94. The first-order chi connectivity index (χ1) is 31.6. The van der Waals surface area contributed by atoms with Gasteiger partial charge in [-0.25, -0.2) is 4.98 Å². The van der Waals surface area contributed by atoms with Gasteiger partial charge in [0.05, 0.1) is 28.1 Å². The summed E-state index contributed by atoms with van der Waals surface area (Å²) in [6.07, 6.45) is 8.11. The summed E-state index contributed by atoms with van der Waals surface area (Å²) >= 11 is 0. The highest BCUT2D eigenvalue weighted by molar-refractivity contribution is 6.09. The molecule has 9 rings (SSSR count). The first-order valence-electron chi connectivity index (χ1n) is 23.8. The number of hydrogen-bond acceptors (Lipinski definition) is 2. The second-order valence-corrected chi connectivity index (χ2v) is 22.6. The van der Waals surface area contributed by atoms with Crippen molar-refractivity contribution >= 4 is 21.8 Å². The second kappa shape index (κ2) is 16.6. The number of nitrogens with zero attached hydrogens (tertiary/aromatic N) is 4. The van der Waals surface area contributed by atoms with Crippen LogP contribution in [-0.2, 0) is 27.1 Å². The monoisotopic (exact) mass is 883 g/mol. The number of imidazole rings is 1. The van der Waals surface area contributed by atoms with Crippen molar-refractivity contribution in [1.29, 1.82) is 0 Å². The Kier molecular flexibility index (Phi) is 11.2. The smallest absolute Gasteiger partial charge is 0.269 e. The lowest BCUT2D eigenvalue weighted by atomic mass is 9.78. The van der Waals surface area contributed by atoms with Crippen molar-refractivity contribution < 1.29 is 9.30 Å². The van der Waals surface area contributed by atoms with Gasteiger partial charge in [0, 0.05) is 40.1 Å². The highest BCUT2D eigenvalue weighted by Gasteiger charge is 2.31. The predicted octanol–water partition coefficient (Wildman–Crippen LogP) is 15.4. The third-order valence-electron chi connectivity index (χ3n) is 13.9. The SMILES string of the molecule is CC(C)(C)c1cc(-[n+]2[c-]n(-c3cc(Oc4ccc5c6ccccc6n(-c6cc(C(C)(C)C)ccn6)c5c4)cc(C(C)(C)c4ccccc4)c3)cc2C(C)(C)c2ccccc2)cc(C(C)(C)C)c1. The van der Waals surface area contributed by atoms with E-state index >= 15 is 0 Å². The Morgan fingerprint density at radius 3 is 1.67 bits per heavy atom. The molecule has 6 aromatic carbocycles. The Hall–Kier alpha value is -6.72. The fraction of sp³-hybridized carbons (Fsp3) is 0.290. The average Bonchev–Trinajstić information content (AvgIpc) is 3.90. The zero-order chi connectivity index (χ0) is 47.7. The van der Waals surface area contributed by atoms with Gasteiger partial charge in [-0.3, -0.25) is 13.7 Å². The molecule has 0 unspecified atom stereocenters. The van der Waals surface area contributed by atoms with Crippen LogP contribution in [0, 0.1) is 6.33 Å². The Morgan fingerprint density at radius 2 is 1.04 bits per heavy atom. The molecule has 67 heavy (non-hydrogen) atoms. The Labute approximate surface area is 398 Å². The van der Waals surface area contributed by atoms with Gasteiger partial charge in [0.1, 0.15) is 17.3 Å². The number of hydrogen-bond donors (Lipinski definition) is 0. The van der Waals surface area contributed by atoms with E-state index in [0.717, 1.165) is 56.4 Å². The van der Waals surface area contributed by atoms with Crippen LogP contribution in [-0.4, -0.2) is 14.1 Å². The number of benzene rings is 6. The minimum atomic E-state index is -0.377. The number of para-hydroxylation sites is 1. The van der Waals surface area contributed by atoms with Crippen molar-refractivity contribution in [3.63, 3.8) is 0 Å². The van der Waals surface area contributed by atoms with Gasteiger partial charge in [-0.15, -0.1) is 0 Å². The van der Waals surface area contributed by atoms with E-state index in [1.54, 1.807) is 0 Å². The molecule has 0 bridgehead atoms. The van der Waals surface area contributed by atoms with E-state index in [4.69, 9.17) is 9.72 Å². The van der Waals surface area contributed by atoms with Gasteiger partial charge in [-0.05, 0) is 110 Å². The molecule has 0 aliphatic carbocycles. The Morgan fingerprint density at radius 1 is 0.463 bits per heavy atom. The van der Waals surface area contributed by atoms with Crippen LogP contribution in [0.25, 0.3) is 39.0 Å². The van der Waals surface area contributed by atoms with Crippen LogP contribution in [0.2, 0.25) is 0 Å². The standard InChI is InChI=1S/C62H66N4O/c1-58(2,3)44-30-31-63-57(37-44)66-54-27-21-20-26-52(54)53-29-28-50(39-55(53)66)67-51-36-47(61(10,11)42-22-16-14-17-23-42)35-48(38-51)64-40-56(62(12,13)43-24-18-15-19-25-43)65(41-64)49-33-45(59(4,5)6)32-46(34-49)60(7,8)9/h14-40H,1-13H3. The number of rotatable bonds is 9. The molecule has 0 spiro atoms. The highest BCUT2D eigenvalue weighted by Crippen LogP contribution is 2.40. The van der Waals surface area contributed by atoms with Gasteiger partial charge in [-0.1, -0.05) is 175 Å². The van der Waals surface area contributed by atoms with E-state index in [0.29, 0.717) is 0 Å². The van der Waals surface area contributed by atoms with Gasteiger partial charge < -0.3 is 4.74 Å². The third kappa shape index (κ3) is 8.73. The molecule has 0 atom stereocenters. The summed E-state index contributed by atoms with van der Waals surface area (Å²) in [5, 5.41) is 2.32. The van der Waals surface area contributed by atoms with Crippen molar-refractivity contribution in [1.82, 2.24) is 14.1 Å². The maximum atomic E-state index is 7.08. The molecule has 340 valence electrons. The van der Waals surface area contributed by atoms with Crippen LogP contribution >= 0.6 is 0 Å². The normalized spacial score (nSPS) is 12.9. The minimum absolute atomic E-state index is 0.0265. The lowest BCUT2D eigenvalue weighted by Gasteiger charge is -2.29. The summed E-state index contributed by atoms with van der Waals surface area (Å²) in [6.45, 7) is 29.8. The lowest BCUT2D eigenvalue weighted by Crippen LogP contribution is -2.41. The van der Waals surface area contributed by atoms with Crippen molar-refractivity contribution in [2.45, 2.75) is 117 Å². The van der Waals surface area contributed by atoms with Gasteiger partial charge in [0.15, 0.2) is 0 Å². The summed E-state index contributed by atoms with van der Waals surface area (Å²) in [6, 6.07) is 54.7. The molecule has 0 N–H and O–H groups in total. The zero-order valence-corrected chi connectivity index (χ0v) is 41.8. The molecule has 5 heteroatoms. The van der Waals surface area contributed by atoms with Gasteiger partial charge in [-0.2, -0.15) is 0 Å². The largest absolute Gasteiger partial charge is 0.458 e. The van der Waals surface area contributed by atoms with Crippen LogP contribution in [0.4, 0.5) is 0 Å². The van der Waals surface area contributed by atoms with Crippen LogP contribution in [0.5, 0.6) is 11.5 Å². The summed E-state index contributed by atoms with van der Waals surface area (Å²) in [5.74, 6) is 2.38. The van der Waals surface area contributed by atoms with Crippen molar-refractivity contribution in [2.24, 2.45) is 0 Å². The fourth-order valence-corrected chi connectivity index (χ4v) is 9.32. The number of ether oxygens (including phenoxy) is 1.